The van der Waals surface area contributed by atoms with Crippen molar-refractivity contribution in [2.24, 2.45) is 0 Å². The van der Waals surface area contributed by atoms with Crippen LogP contribution in [0.25, 0.3) is 11.5 Å². The summed E-state index contributed by atoms with van der Waals surface area (Å²) in [6, 6.07) is 5.37. The van der Waals surface area contributed by atoms with Gasteiger partial charge in [0.1, 0.15) is 0 Å². The fourth-order valence-electron chi connectivity index (χ4n) is 3.17. The maximum absolute atomic E-state index is 12.3. The third kappa shape index (κ3) is 5.76. The summed E-state index contributed by atoms with van der Waals surface area (Å²) in [6.07, 6.45) is 8.08. The lowest BCUT2D eigenvalue weighted by molar-refractivity contribution is -0.120. The van der Waals surface area contributed by atoms with E-state index in [0.29, 0.717) is 29.2 Å². The van der Waals surface area contributed by atoms with Crippen molar-refractivity contribution in [2.75, 3.05) is 20.8 Å². The SMILES string of the molecule is COc1ccc(-c2nnc(S[C@@H](C)C(=O)NCCC3=CCCCC3)o2)cc1OC. The fraction of sp³-hybridized carbons (Fsp3) is 0.476. The molecular weight excluding hydrogens is 390 g/mol. The summed E-state index contributed by atoms with van der Waals surface area (Å²) < 4.78 is 16.3. The molecule has 2 aromatic rings. The van der Waals surface area contributed by atoms with Crippen LogP contribution < -0.4 is 14.8 Å². The maximum Gasteiger partial charge on any atom is 0.277 e. The number of methoxy groups -OCH3 is 2. The van der Waals surface area contributed by atoms with Crippen molar-refractivity contribution in [3.63, 3.8) is 0 Å². The van der Waals surface area contributed by atoms with E-state index in [1.165, 1.54) is 30.2 Å². The van der Waals surface area contributed by atoms with Gasteiger partial charge >= 0.3 is 0 Å². The summed E-state index contributed by atoms with van der Waals surface area (Å²) in [5.74, 6) is 1.54. The molecule has 1 N–H and O–H groups in total. The highest BCUT2D eigenvalue weighted by atomic mass is 32.2. The number of hydrogen-bond acceptors (Lipinski definition) is 7. The molecule has 0 aliphatic heterocycles. The molecule has 1 aliphatic rings. The van der Waals surface area contributed by atoms with E-state index < -0.39 is 0 Å². The zero-order valence-electron chi connectivity index (χ0n) is 17.1. The molecule has 29 heavy (non-hydrogen) atoms. The lowest BCUT2D eigenvalue weighted by Gasteiger charge is -2.14. The molecule has 1 atom stereocenters. The van der Waals surface area contributed by atoms with E-state index in [0.717, 1.165) is 24.8 Å². The van der Waals surface area contributed by atoms with Gasteiger partial charge < -0.3 is 19.2 Å². The summed E-state index contributed by atoms with van der Waals surface area (Å²) in [4.78, 5) is 12.3. The van der Waals surface area contributed by atoms with Gasteiger partial charge in [-0.1, -0.05) is 23.4 Å². The molecule has 1 aromatic heterocycles. The van der Waals surface area contributed by atoms with Crippen LogP contribution in [-0.4, -0.2) is 42.1 Å². The number of amides is 1. The monoisotopic (exact) mass is 417 g/mol. The van der Waals surface area contributed by atoms with Gasteiger partial charge in [0.05, 0.1) is 19.5 Å². The molecule has 3 rings (SSSR count). The molecule has 0 saturated heterocycles. The number of thioether (sulfide) groups is 1. The van der Waals surface area contributed by atoms with Crippen molar-refractivity contribution in [2.45, 2.75) is 49.5 Å². The number of carbonyl (C=O) groups is 1. The highest BCUT2D eigenvalue weighted by Gasteiger charge is 2.19. The molecule has 0 saturated carbocycles. The molecular formula is C21H27N3O4S. The van der Waals surface area contributed by atoms with Gasteiger partial charge in [0.15, 0.2) is 11.5 Å². The average Bonchev–Trinajstić information content (AvgIpc) is 3.22. The van der Waals surface area contributed by atoms with Crippen LogP contribution in [0.1, 0.15) is 39.0 Å². The van der Waals surface area contributed by atoms with Crippen molar-refractivity contribution >= 4 is 17.7 Å². The maximum atomic E-state index is 12.3. The number of allylic oxidation sites excluding steroid dienone is 1. The molecule has 0 spiro atoms. The van der Waals surface area contributed by atoms with Crippen molar-refractivity contribution in [1.82, 2.24) is 15.5 Å². The van der Waals surface area contributed by atoms with Gasteiger partial charge in [-0.3, -0.25) is 4.79 Å². The van der Waals surface area contributed by atoms with Gasteiger partial charge in [-0.15, -0.1) is 10.2 Å². The second kappa shape index (κ2) is 10.3. The molecule has 7 nitrogen and oxygen atoms in total. The van der Waals surface area contributed by atoms with Crippen LogP contribution >= 0.6 is 11.8 Å². The Kier molecular flexibility index (Phi) is 7.57. The van der Waals surface area contributed by atoms with E-state index >= 15 is 0 Å². The molecule has 1 amide bonds. The first-order chi connectivity index (χ1) is 14.1. The topological polar surface area (TPSA) is 86.5 Å². The van der Waals surface area contributed by atoms with Crippen LogP contribution in [0.5, 0.6) is 11.5 Å². The first-order valence-electron chi connectivity index (χ1n) is 9.79. The second-order valence-corrected chi connectivity index (χ2v) is 8.14. The Morgan fingerprint density at radius 3 is 2.79 bits per heavy atom. The zero-order valence-corrected chi connectivity index (χ0v) is 17.9. The molecule has 0 bridgehead atoms. The second-order valence-electron chi connectivity index (χ2n) is 6.85. The van der Waals surface area contributed by atoms with Crippen LogP contribution in [0.15, 0.2) is 39.5 Å². The summed E-state index contributed by atoms with van der Waals surface area (Å²) in [5, 5.41) is 11.2. The highest BCUT2D eigenvalue weighted by molar-refractivity contribution is 8.00. The smallest absolute Gasteiger partial charge is 0.277 e. The molecule has 1 heterocycles. The Morgan fingerprint density at radius 1 is 1.24 bits per heavy atom. The van der Waals surface area contributed by atoms with Crippen molar-refractivity contribution in [3.05, 3.63) is 29.8 Å². The van der Waals surface area contributed by atoms with Gasteiger partial charge in [0.2, 0.25) is 11.8 Å². The minimum Gasteiger partial charge on any atom is -0.493 e. The first-order valence-corrected chi connectivity index (χ1v) is 10.7. The Labute approximate surface area is 175 Å². The third-order valence-corrected chi connectivity index (χ3v) is 5.75. The van der Waals surface area contributed by atoms with Gasteiger partial charge in [-0.25, -0.2) is 0 Å². The normalized spacial score (nSPS) is 14.8. The Bertz CT molecular complexity index is 865. The minimum atomic E-state index is -0.325. The molecule has 0 unspecified atom stereocenters. The van der Waals surface area contributed by atoms with E-state index in [1.807, 2.05) is 13.0 Å². The summed E-state index contributed by atoms with van der Waals surface area (Å²) in [7, 11) is 3.15. The predicted octanol–water partition coefficient (Wildman–Crippen LogP) is 4.24. The average molecular weight is 418 g/mol. The lowest BCUT2D eigenvalue weighted by Crippen LogP contribution is -2.31. The Balaban J connectivity index is 1.53. The molecule has 156 valence electrons. The van der Waals surface area contributed by atoms with Gasteiger partial charge in [0, 0.05) is 12.1 Å². The highest BCUT2D eigenvalue weighted by Crippen LogP contribution is 2.33. The summed E-state index contributed by atoms with van der Waals surface area (Å²) >= 11 is 1.25. The van der Waals surface area contributed by atoms with E-state index in [-0.39, 0.29) is 11.2 Å². The first kappa shape index (κ1) is 21.2. The quantitative estimate of drug-likeness (QED) is 0.482. The minimum absolute atomic E-state index is 0.0303. The van der Waals surface area contributed by atoms with Crippen LogP contribution in [0.3, 0.4) is 0 Å². The van der Waals surface area contributed by atoms with E-state index in [4.69, 9.17) is 13.9 Å². The molecule has 1 aliphatic carbocycles. The molecule has 0 fully saturated rings. The Morgan fingerprint density at radius 2 is 2.07 bits per heavy atom. The standard InChI is InChI=1S/C21H27N3O4S/c1-14(19(25)22-12-11-15-7-5-4-6-8-15)29-21-24-23-20(28-21)16-9-10-17(26-2)18(13-16)27-3/h7,9-10,13-14H,4-6,8,11-12H2,1-3H3,(H,22,25)/t14-/m0/s1. The van der Waals surface area contributed by atoms with Crippen LogP contribution in [-0.2, 0) is 4.79 Å². The van der Waals surface area contributed by atoms with E-state index in [1.54, 1.807) is 26.4 Å². The van der Waals surface area contributed by atoms with E-state index in [9.17, 15) is 4.79 Å². The van der Waals surface area contributed by atoms with Gasteiger partial charge in [-0.2, -0.15) is 0 Å². The summed E-state index contributed by atoms with van der Waals surface area (Å²) in [5.41, 5.74) is 2.17. The molecule has 1 aromatic carbocycles. The number of nitrogens with zero attached hydrogens (tertiary/aromatic N) is 2. The van der Waals surface area contributed by atoms with Crippen LogP contribution in [0.4, 0.5) is 0 Å². The van der Waals surface area contributed by atoms with E-state index in [2.05, 4.69) is 21.6 Å². The number of aromatic nitrogens is 2. The van der Waals surface area contributed by atoms with Gasteiger partial charge in [-0.05, 0) is 57.2 Å². The van der Waals surface area contributed by atoms with Crippen molar-refractivity contribution in [1.29, 1.82) is 0 Å². The Hall–Kier alpha value is -2.48. The summed E-state index contributed by atoms with van der Waals surface area (Å²) in [6.45, 7) is 2.50. The van der Waals surface area contributed by atoms with Crippen molar-refractivity contribution < 1.29 is 18.7 Å². The number of carbonyl (C=O) groups excluding carboxylic acids is 1. The predicted molar refractivity (Wildman–Crippen MR) is 112 cm³/mol. The zero-order chi connectivity index (χ0) is 20.6. The van der Waals surface area contributed by atoms with Crippen LogP contribution in [0, 0.1) is 0 Å². The lowest BCUT2D eigenvalue weighted by atomic mass is 9.97. The number of benzene rings is 1. The largest absolute Gasteiger partial charge is 0.493 e. The number of hydrogen-bond donors (Lipinski definition) is 1. The fourth-order valence-corrected chi connectivity index (χ4v) is 3.88. The molecule has 0 radical (unpaired) electrons. The molecule has 8 heteroatoms. The van der Waals surface area contributed by atoms with Crippen molar-refractivity contribution in [3.8, 4) is 23.0 Å². The number of nitrogens with one attached hydrogen (secondary N) is 1. The number of rotatable bonds is 9. The van der Waals surface area contributed by atoms with Crippen LogP contribution in [0.2, 0.25) is 0 Å². The third-order valence-electron chi connectivity index (χ3n) is 4.81. The number of ether oxygens (including phenoxy) is 2. The van der Waals surface area contributed by atoms with Gasteiger partial charge in [0.25, 0.3) is 5.22 Å².